The number of aliphatic hydroxyl groups is 1. The number of carbonyl (C=O) groups excluding carboxylic acids is 1. The van der Waals surface area contributed by atoms with Gasteiger partial charge in [-0.2, -0.15) is 5.26 Å². The fraction of sp³-hybridized carbons (Fsp3) is 0.810. The van der Waals surface area contributed by atoms with Crippen molar-refractivity contribution in [2.24, 2.45) is 51.2 Å². The molecular weight excluding hydrogens is 564 g/mol. The maximum Gasteiger partial charge on any atom is 0.229 e. The summed E-state index contributed by atoms with van der Waals surface area (Å²) >= 11 is 0. The standard InChI is InChI=1S/C38H54N2O2.C4H10/c1-34(2)30-15-18-35(3)28-14-20-38(33(42)40-23-21-37(25-39,22-24-40)26-9-6-5-7-10-26)17-8-11-29(38)27(28)12-13-31(35)36(30,4)19-16-32(34)41;1-3-4-2/h5-7,9-10,27-32,41H,8,11-24H2,1-4H3;3-4H2,1-2H3. The molecule has 1 aromatic carbocycles. The minimum Gasteiger partial charge on any atom is -0.393 e. The summed E-state index contributed by atoms with van der Waals surface area (Å²) in [5, 5.41) is 21.2. The first-order valence-electron chi connectivity index (χ1n) is 19.4. The third-order valence-electron chi connectivity index (χ3n) is 15.9. The normalized spacial score (nSPS) is 42.2. The van der Waals surface area contributed by atoms with E-state index in [1.54, 1.807) is 0 Å². The number of rotatable bonds is 3. The fourth-order valence-electron chi connectivity index (χ4n) is 13.2. The van der Waals surface area contributed by atoms with Gasteiger partial charge in [0, 0.05) is 13.1 Å². The molecule has 5 saturated carbocycles. The first kappa shape index (κ1) is 34.0. The van der Waals surface area contributed by atoms with Gasteiger partial charge in [-0.1, -0.05) is 91.1 Å². The number of piperidine rings is 1. The molecule has 4 nitrogen and oxygen atoms in total. The zero-order valence-electron chi connectivity index (χ0n) is 30.1. The summed E-state index contributed by atoms with van der Waals surface area (Å²) in [5.74, 6) is 3.73. The molecule has 0 radical (unpaired) electrons. The van der Waals surface area contributed by atoms with Crippen LogP contribution in [-0.4, -0.2) is 35.1 Å². The van der Waals surface area contributed by atoms with Gasteiger partial charge in [0.1, 0.15) is 0 Å². The predicted octanol–water partition coefficient (Wildman–Crippen LogP) is 9.70. The maximum absolute atomic E-state index is 14.6. The van der Waals surface area contributed by atoms with E-state index in [2.05, 4.69) is 64.6 Å². The van der Waals surface area contributed by atoms with E-state index in [0.717, 1.165) is 49.5 Å². The molecule has 5 aliphatic carbocycles. The molecule has 1 aliphatic heterocycles. The van der Waals surface area contributed by atoms with Crippen molar-refractivity contribution >= 4 is 5.91 Å². The Labute approximate surface area is 281 Å². The lowest BCUT2D eigenvalue weighted by Gasteiger charge is -2.69. The van der Waals surface area contributed by atoms with Crippen LogP contribution in [0.1, 0.15) is 143 Å². The highest BCUT2D eigenvalue weighted by molar-refractivity contribution is 5.84. The number of amides is 1. The van der Waals surface area contributed by atoms with Crippen molar-refractivity contribution in [1.29, 1.82) is 5.26 Å². The molecule has 0 aromatic heterocycles. The van der Waals surface area contributed by atoms with Gasteiger partial charge in [-0.25, -0.2) is 0 Å². The number of likely N-dealkylation sites (tertiary alicyclic amines) is 1. The summed E-state index contributed by atoms with van der Waals surface area (Å²) in [4.78, 5) is 16.8. The molecule has 6 aliphatic rings. The molecule has 6 fully saturated rings. The highest BCUT2D eigenvalue weighted by Gasteiger charge is 2.67. The summed E-state index contributed by atoms with van der Waals surface area (Å²) in [7, 11) is 0. The molecule has 7 rings (SSSR count). The minimum absolute atomic E-state index is 0.00283. The molecule has 46 heavy (non-hydrogen) atoms. The lowest BCUT2D eigenvalue weighted by atomic mass is 9.36. The number of aliphatic hydroxyl groups excluding tert-OH is 1. The van der Waals surface area contributed by atoms with E-state index in [1.807, 2.05) is 18.2 Å². The van der Waals surface area contributed by atoms with Gasteiger partial charge in [-0.15, -0.1) is 0 Å². The molecule has 1 aromatic rings. The third-order valence-corrected chi connectivity index (χ3v) is 15.9. The van der Waals surface area contributed by atoms with Gasteiger partial charge in [0.05, 0.1) is 23.0 Å². The smallest absolute Gasteiger partial charge is 0.229 e. The van der Waals surface area contributed by atoms with Gasteiger partial charge in [0.25, 0.3) is 0 Å². The molecule has 0 spiro atoms. The van der Waals surface area contributed by atoms with Crippen molar-refractivity contribution in [3.8, 4) is 6.07 Å². The van der Waals surface area contributed by atoms with E-state index < -0.39 is 5.41 Å². The topological polar surface area (TPSA) is 64.3 Å². The number of hydrogen-bond donors (Lipinski definition) is 1. The molecule has 0 bridgehead atoms. The Kier molecular flexibility index (Phi) is 9.28. The van der Waals surface area contributed by atoms with Crippen LogP contribution in [0.3, 0.4) is 0 Å². The van der Waals surface area contributed by atoms with E-state index in [4.69, 9.17) is 0 Å². The average molecular weight is 629 g/mol. The van der Waals surface area contributed by atoms with Gasteiger partial charge in [-0.3, -0.25) is 4.79 Å². The fourth-order valence-corrected chi connectivity index (χ4v) is 13.2. The molecule has 1 saturated heterocycles. The first-order valence-corrected chi connectivity index (χ1v) is 19.4. The van der Waals surface area contributed by atoms with Gasteiger partial charge in [0.2, 0.25) is 5.91 Å². The number of unbranched alkanes of at least 4 members (excludes halogenated alkanes) is 1. The Bertz CT molecular complexity index is 1270. The zero-order chi connectivity index (χ0) is 33.0. The summed E-state index contributed by atoms with van der Waals surface area (Å²) in [6, 6.07) is 12.9. The van der Waals surface area contributed by atoms with Crippen molar-refractivity contribution in [3.63, 3.8) is 0 Å². The van der Waals surface area contributed by atoms with Crippen molar-refractivity contribution in [2.75, 3.05) is 13.1 Å². The van der Waals surface area contributed by atoms with Crippen LogP contribution in [0.25, 0.3) is 0 Å². The quantitative estimate of drug-likeness (QED) is 0.362. The van der Waals surface area contributed by atoms with Crippen LogP contribution < -0.4 is 0 Å². The second-order valence-electron chi connectivity index (χ2n) is 17.9. The van der Waals surface area contributed by atoms with E-state index in [-0.39, 0.29) is 16.9 Å². The number of nitrogens with zero attached hydrogens (tertiary/aromatic N) is 2. The second kappa shape index (κ2) is 12.5. The first-order chi connectivity index (χ1) is 21.9. The van der Waals surface area contributed by atoms with E-state index >= 15 is 0 Å². The molecule has 1 heterocycles. The number of hydrogen-bond acceptors (Lipinski definition) is 3. The van der Waals surface area contributed by atoms with Crippen molar-refractivity contribution in [2.45, 2.75) is 149 Å². The summed E-state index contributed by atoms with van der Waals surface area (Å²) in [6.45, 7) is 15.7. The monoisotopic (exact) mass is 628 g/mol. The Morgan fingerprint density at radius 3 is 2.13 bits per heavy atom. The predicted molar refractivity (Wildman–Crippen MR) is 187 cm³/mol. The summed E-state index contributed by atoms with van der Waals surface area (Å²) in [5.41, 5.74) is 1.16. The number of fused-ring (bicyclic) bond motifs is 7. The number of nitriles is 1. The highest BCUT2D eigenvalue weighted by Crippen LogP contribution is 2.73. The average Bonchev–Trinajstić information content (AvgIpc) is 3.53. The molecule has 1 N–H and O–H groups in total. The Morgan fingerprint density at radius 2 is 1.48 bits per heavy atom. The van der Waals surface area contributed by atoms with E-state index in [1.165, 1.54) is 64.2 Å². The maximum atomic E-state index is 14.6. The Morgan fingerprint density at radius 1 is 0.804 bits per heavy atom. The number of benzene rings is 1. The Hall–Kier alpha value is -1.86. The molecule has 254 valence electrons. The zero-order valence-corrected chi connectivity index (χ0v) is 30.1. The summed E-state index contributed by atoms with van der Waals surface area (Å²) in [6.07, 6.45) is 17.0. The highest BCUT2D eigenvalue weighted by atomic mass is 16.3. The minimum atomic E-state index is -0.464. The molecule has 4 heteroatoms. The van der Waals surface area contributed by atoms with Crippen LogP contribution in [0.2, 0.25) is 0 Å². The van der Waals surface area contributed by atoms with Gasteiger partial charge >= 0.3 is 0 Å². The van der Waals surface area contributed by atoms with Crippen molar-refractivity contribution in [1.82, 2.24) is 4.90 Å². The van der Waals surface area contributed by atoms with E-state index in [0.29, 0.717) is 47.6 Å². The lowest BCUT2D eigenvalue weighted by Crippen LogP contribution is -2.64. The van der Waals surface area contributed by atoms with Crippen LogP contribution in [0, 0.1) is 62.6 Å². The Balaban J connectivity index is 0.000000879. The van der Waals surface area contributed by atoms with Crippen LogP contribution in [0.5, 0.6) is 0 Å². The molecular formula is C42H64N2O2. The summed E-state index contributed by atoms with van der Waals surface area (Å²) < 4.78 is 0. The SMILES string of the molecule is CC1(C)C(O)CCC2(C)C1CCC1(C)C3CCC4(C(=O)N5CCC(C#N)(c6ccccc6)CC5)CCCC4C3CCC12.CCCC. The van der Waals surface area contributed by atoms with Gasteiger partial charge in [-0.05, 0) is 128 Å². The van der Waals surface area contributed by atoms with Gasteiger partial charge in [0.15, 0.2) is 0 Å². The molecule has 9 atom stereocenters. The molecule has 9 unspecified atom stereocenters. The van der Waals surface area contributed by atoms with Gasteiger partial charge < -0.3 is 10.0 Å². The lowest BCUT2D eigenvalue weighted by molar-refractivity contribution is -0.215. The molecule has 1 amide bonds. The van der Waals surface area contributed by atoms with Crippen LogP contribution >= 0.6 is 0 Å². The number of carbonyl (C=O) groups is 1. The second-order valence-corrected chi connectivity index (χ2v) is 17.9. The largest absolute Gasteiger partial charge is 0.393 e. The van der Waals surface area contributed by atoms with Crippen LogP contribution in [-0.2, 0) is 10.2 Å². The van der Waals surface area contributed by atoms with Crippen molar-refractivity contribution < 1.29 is 9.90 Å². The van der Waals surface area contributed by atoms with E-state index in [9.17, 15) is 15.2 Å². The van der Waals surface area contributed by atoms with Crippen LogP contribution in [0.15, 0.2) is 30.3 Å². The van der Waals surface area contributed by atoms with Crippen molar-refractivity contribution in [3.05, 3.63) is 35.9 Å². The third kappa shape index (κ3) is 5.11. The van der Waals surface area contributed by atoms with Crippen LogP contribution in [0.4, 0.5) is 0 Å².